The van der Waals surface area contributed by atoms with E-state index in [-0.39, 0.29) is 17.6 Å². The van der Waals surface area contributed by atoms with Crippen LogP contribution in [0.5, 0.6) is 0 Å². The van der Waals surface area contributed by atoms with Gasteiger partial charge in [0.25, 0.3) is 0 Å². The molecular formula is C26H27FN8O3. The van der Waals surface area contributed by atoms with Gasteiger partial charge < -0.3 is 25.4 Å². The summed E-state index contributed by atoms with van der Waals surface area (Å²) in [5.74, 6) is -0.478. The van der Waals surface area contributed by atoms with Gasteiger partial charge in [-0.3, -0.25) is 14.8 Å². The lowest BCUT2D eigenvalue weighted by atomic mass is 9.98. The molecule has 2 aliphatic carbocycles. The van der Waals surface area contributed by atoms with Gasteiger partial charge in [-0.15, -0.1) is 0 Å². The summed E-state index contributed by atoms with van der Waals surface area (Å²) >= 11 is 0. The zero-order valence-corrected chi connectivity index (χ0v) is 20.8. The number of carbonyl (C=O) groups is 1. The molecule has 4 aromatic rings. The second-order valence-corrected chi connectivity index (χ2v) is 9.87. The van der Waals surface area contributed by atoms with Crippen molar-refractivity contribution in [2.45, 2.75) is 45.1 Å². The number of nitrogens with zero attached hydrogens (tertiary/aromatic N) is 6. The van der Waals surface area contributed by atoms with E-state index in [0.29, 0.717) is 42.1 Å². The van der Waals surface area contributed by atoms with Gasteiger partial charge in [-0.1, -0.05) is 6.07 Å². The summed E-state index contributed by atoms with van der Waals surface area (Å²) in [6, 6.07) is 6.37. The molecule has 0 spiro atoms. The number of fused-ring (bicyclic) bond motifs is 2. The molecule has 1 amide bonds. The van der Waals surface area contributed by atoms with E-state index in [1.54, 1.807) is 4.57 Å². The molecule has 4 heterocycles. The van der Waals surface area contributed by atoms with Gasteiger partial charge in [0.15, 0.2) is 17.3 Å². The molecular weight excluding hydrogens is 491 g/mol. The summed E-state index contributed by atoms with van der Waals surface area (Å²) in [5.41, 5.74) is 1.81. The summed E-state index contributed by atoms with van der Waals surface area (Å²) < 4.78 is 15.7. The van der Waals surface area contributed by atoms with Crippen LogP contribution in [0.25, 0.3) is 22.6 Å². The first-order valence-corrected chi connectivity index (χ1v) is 12.5. The highest BCUT2D eigenvalue weighted by Crippen LogP contribution is 2.67. The van der Waals surface area contributed by atoms with E-state index in [1.165, 1.54) is 18.6 Å². The van der Waals surface area contributed by atoms with Crippen LogP contribution in [0.15, 0.2) is 43.0 Å². The van der Waals surface area contributed by atoms with Gasteiger partial charge in [-0.2, -0.15) is 0 Å². The Balaban J connectivity index is 1.43. The molecule has 196 valence electrons. The number of hydrogen-bond donors (Lipinski definition) is 4. The van der Waals surface area contributed by atoms with E-state index in [1.807, 2.05) is 32.0 Å². The molecule has 2 fully saturated rings. The molecule has 2 unspecified atom stereocenters. The summed E-state index contributed by atoms with van der Waals surface area (Å²) in [6.07, 6.45) is 2.12. The number of aromatic nitrogens is 6. The Labute approximate surface area is 217 Å². The first-order valence-electron chi connectivity index (χ1n) is 12.5. The van der Waals surface area contributed by atoms with E-state index in [9.17, 15) is 19.4 Å². The summed E-state index contributed by atoms with van der Waals surface area (Å²) in [6.45, 7) is 4.50. The quantitative estimate of drug-likeness (QED) is 0.287. The summed E-state index contributed by atoms with van der Waals surface area (Å²) in [7, 11) is 0. The Morgan fingerprint density at radius 2 is 2.08 bits per heavy atom. The van der Waals surface area contributed by atoms with Crippen molar-refractivity contribution in [3.8, 4) is 11.4 Å². The molecule has 0 aliphatic heterocycles. The van der Waals surface area contributed by atoms with E-state index in [2.05, 4.69) is 35.6 Å². The number of anilines is 1. The van der Waals surface area contributed by atoms with E-state index < -0.39 is 29.5 Å². The third kappa shape index (κ3) is 3.79. The second-order valence-electron chi connectivity index (χ2n) is 9.87. The molecule has 12 heteroatoms. The molecule has 2 aliphatic rings. The Kier molecular flexibility index (Phi) is 5.80. The topological polar surface area (TPSA) is 151 Å². The van der Waals surface area contributed by atoms with Crippen LogP contribution < -0.4 is 10.6 Å². The molecule has 0 radical (unpaired) electrons. The second kappa shape index (κ2) is 9.07. The average molecular weight is 519 g/mol. The number of aryl methyl sites for hydroxylation is 1. The largest absolute Gasteiger partial charge is 0.389 e. The zero-order chi connectivity index (χ0) is 26.6. The van der Waals surface area contributed by atoms with E-state index in [4.69, 9.17) is 0 Å². The summed E-state index contributed by atoms with van der Waals surface area (Å²) in [5, 5.41) is 28.0. The van der Waals surface area contributed by atoms with Crippen molar-refractivity contribution >= 4 is 22.9 Å². The third-order valence-corrected chi connectivity index (χ3v) is 7.52. The Hall–Kier alpha value is -4.03. The van der Waals surface area contributed by atoms with Crippen molar-refractivity contribution in [3.63, 3.8) is 0 Å². The van der Waals surface area contributed by atoms with Crippen LogP contribution in [-0.4, -0.2) is 64.4 Å². The minimum absolute atomic E-state index is 0.213. The monoisotopic (exact) mass is 518 g/mol. The lowest BCUT2D eigenvalue weighted by Crippen LogP contribution is -2.42. The van der Waals surface area contributed by atoms with Gasteiger partial charge in [0.2, 0.25) is 5.91 Å². The van der Waals surface area contributed by atoms with Crippen molar-refractivity contribution in [2.24, 2.45) is 11.3 Å². The molecule has 38 heavy (non-hydrogen) atoms. The number of carbonyl (C=O) groups excluding carboxylic acids is 1. The first-order chi connectivity index (χ1) is 18.3. The number of pyridine rings is 2. The fraction of sp³-hybridized carbons (Fsp3) is 0.385. The predicted molar refractivity (Wildman–Crippen MR) is 135 cm³/mol. The van der Waals surface area contributed by atoms with Gasteiger partial charge in [-0.05, 0) is 38.5 Å². The van der Waals surface area contributed by atoms with Gasteiger partial charge in [0, 0.05) is 29.9 Å². The van der Waals surface area contributed by atoms with Crippen LogP contribution in [0.1, 0.15) is 30.8 Å². The fourth-order valence-electron chi connectivity index (χ4n) is 5.67. The van der Waals surface area contributed by atoms with Crippen LogP contribution in [0.4, 0.5) is 10.2 Å². The lowest BCUT2D eigenvalue weighted by Gasteiger charge is -2.23. The number of halogens is 1. The Morgan fingerprint density at radius 1 is 1.24 bits per heavy atom. The molecule has 6 rings (SSSR count). The molecule has 2 saturated carbocycles. The minimum Gasteiger partial charge on any atom is -0.389 e. The minimum atomic E-state index is -1.22. The molecule has 0 aromatic carbocycles. The number of imidazole rings is 1. The smallest absolute Gasteiger partial charge is 0.229 e. The van der Waals surface area contributed by atoms with E-state index in [0.717, 1.165) is 17.6 Å². The normalized spacial score (nSPS) is 25.8. The molecule has 0 saturated heterocycles. The van der Waals surface area contributed by atoms with Crippen molar-refractivity contribution in [3.05, 3.63) is 60.2 Å². The number of aliphatic hydroxyl groups is 2. The fourth-order valence-corrected chi connectivity index (χ4v) is 5.67. The van der Waals surface area contributed by atoms with Gasteiger partial charge in [-0.25, -0.2) is 19.3 Å². The van der Waals surface area contributed by atoms with Gasteiger partial charge in [0.1, 0.15) is 17.4 Å². The lowest BCUT2D eigenvalue weighted by molar-refractivity contribution is -0.132. The van der Waals surface area contributed by atoms with Crippen LogP contribution >= 0.6 is 0 Å². The van der Waals surface area contributed by atoms with Gasteiger partial charge >= 0.3 is 0 Å². The number of amides is 1. The molecule has 5 atom stereocenters. The molecule has 4 N–H and O–H groups in total. The van der Waals surface area contributed by atoms with Crippen molar-refractivity contribution in [1.29, 1.82) is 0 Å². The van der Waals surface area contributed by atoms with Crippen LogP contribution in [-0.2, 0) is 11.3 Å². The van der Waals surface area contributed by atoms with Crippen molar-refractivity contribution in [2.75, 3.05) is 11.9 Å². The number of nitrogens with one attached hydrogen (secondary N) is 2. The van der Waals surface area contributed by atoms with Crippen LogP contribution in [0.2, 0.25) is 0 Å². The highest BCUT2D eigenvalue weighted by atomic mass is 19.1. The number of rotatable bonds is 7. The maximum Gasteiger partial charge on any atom is 0.229 e. The van der Waals surface area contributed by atoms with E-state index >= 15 is 0 Å². The predicted octanol–water partition coefficient (Wildman–Crippen LogP) is 1.76. The average Bonchev–Trinajstić information content (AvgIpc) is 3.44. The Bertz CT molecular complexity index is 1540. The Morgan fingerprint density at radius 3 is 2.84 bits per heavy atom. The molecule has 11 nitrogen and oxygen atoms in total. The van der Waals surface area contributed by atoms with Crippen LogP contribution in [0, 0.1) is 24.1 Å². The standard InChI is InChI=1S/C26H27FN8O3/c1-3-29-25(38)26-8-17(26)19(20(36)21(26)37)35-12-31-18-23(30-11-16-6-4-5-13(2)32-16)33-22(34-24(18)35)14-7-15(27)10-28-9-14/h4-7,9-10,12,17,19-21,36-37H,3,8,11H2,1-2H3,(H,29,38)(H,30,33,34)/t17-,19?,20+,21+,26?/m1/s1. The highest BCUT2D eigenvalue weighted by Gasteiger charge is 2.75. The zero-order valence-electron chi connectivity index (χ0n) is 20.8. The maximum absolute atomic E-state index is 14.0. The first kappa shape index (κ1) is 24.3. The number of hydrogen-bond acceptors (Lipinski definition) is 9. The molecule has 0 bridgehead atoms. The van der Waals surface area contributed by atoms with Crippen LogP contribution in [0.3, 0.4) is 0 Å². The molecule has 4 aromatic heterocycles. The van der Waals surface area contributed by atoms with Crippen molar-refractivity contribution < 1.29 is 19.4 Å². The third-order valence-electron chi connectivity index (χ3n) is 7.52. The van der Waals surface area contributed by atoms with Gasteiger partial charge in [0.05, 0.1) is 42.3 Å². The highest BCUT2D eigenvalue weighted by molar-refractivity contribution is 5.88. The van der Waals surface area contributed by atoms with Crippen molar-refractivity contribution in [1.82, 2.24) is 34.8 Å². The summed E-state index contributed by atoms with van der Waals surface area (Å²) in [4.78, 5) is 35.1. The number of aliphatic hydroxyl groups excluding tert-OH is 2. The SMILES string of the molecule is CCNC(=O)C12C[C@@H]1C(n1cnc3c(NCc4cccc(C)n4)nc(-c4cncc(F)c4)nc31)[C@H](O)[C@@H]2O. The maximum atomic E-state index is 14.0.